The Kier molecular flexibility index (Phi) is 7.47. The molecule has 0 aromatic rings. The molecule has 0 bridgehead atoms. The number of hydrogen-bond donors (Lipinski definition) is 4. The summed E-state index contributed by atoms with van der Waals surface area (Å²) in [4.78, 5) is 0. The fourth-order valence-electron chi connectivity index (χ4n) is 1.71. The molecule has 0 aliphatic carbocycles. The topological polar surface area (TPSA) is 99.4 Å². The highest BCUT2D eigenvalue weighted by Crippen LogP contribution is 2.22. The number of ether oxygens (including phenoxy) is 2. The van der Waals surface area contributed by atoms with Crippen LogP contribution >= 0.6 is 11.8 Å². The van der Waals surface area contributed by atoms with Crippen LogP contribution in [0.4, 0.5) is 0 Å². The van der Waals surface area contributed by atoms with E-state index in [0.29, 0.717) is 6.61 Å². The zero-order valence-electron chi connectivity index (χ0n) is 10.4. The number of thioether (sulfide) groups is 1. The SMILES string of the molecule is CCSCCCO[C@@H]1O[C@H](CO)[C@H](O)[C@H](O)[C@H]1O. The number of aliphatic hydroxyl groups is 4. The van der Waals surface area contributed by atoms with Crippen molar-refractivity contribution >= 4 is 11.8 Å². The Morgan fingerprint density at radius 2 is 1.89 bits per heavy atom. The lowest BCUT2D eigenvalue weighted by Gasteiger charge is -2.39. The summed E-state index contributed by atoms with van der Waals surface area (Å²) in [5, 5.41) is 37.8. The predicted molar refractivity (Wildman–Crippen MR) is 67.3 cm³/mol. The van der Waals surface area contributed by atoms with Gasteiger partial charge in [-0.1, -0.05) is 6.92 Å². The molecular formula is C11H22O6S. The van der Waals surface area contributed by atoms with Crippen LogP contribution in [0.5, 0.6) is 0 Å². The maximum Gasteiger partial charge on any atom is 0.186 e. The molecule has 18 heavy (non-hydrogen) atoms. The fraction of sp³-hybridized carbons (Fsp3) is 1.00. The number of hydrogen-bond acceptors (Lipinski definition) is 7. The first-order valence-corrected chi connectivity index (χ1v) is 7.27. The van der Waals surface area contributed by atoms with E-state index in [9.17, 15) is 15.3 Å². The summed E-state index contributed by atoms with van der Waals surface area (Å²) in [6.45, 7) is 2.04. The molecular weight excluding hydrogens is 260 g/mol. The lowest BCUT2D eigenvalue weighted by molar-refractivity contribution is -0.300. The van der Waals surface area contributed by atoms with Crippen molar-refractivity contribution in [1.82, 2.24) is 0 Å². The van der Waals surface area contributed by atoms with Gasteiger partial charge in [-0.15, -0.1) is 0 Å². The van der Waals surface area contributed by atoms with E-state index in [4.69, 9.17) is 14.6 Å². The fourth-order valence-corrected chi connectivity index (χ4v) is 2.32. The van der Waals surface area contributed by atoms with E-state index >= 15 is 0 Å². The Morgan fingerprint density at radius 3 is 2.50 bits per heavy atom. The Balaban J connectivity index is 2.35. The van der Waals surface area contributed by atoms with Gasteiger partial charge in [0, 0.05) is 0 Å². The number of aliphatic hydroxyl groups excluding tert-OH is 4. The summed E-state index contributed by atoms with van der Waals surface area (Å²) >= 11 is 1.79. The second-order valence-electron chi connectivity index (χ2n) is 4.12. The van der Waals surface area contributed by atoms with Crippen LogP contribution in [0.25, 0.3) is 0 Å². The van der Waals surface area contributed by atoms with Gasteiger partial charge in [-0.25, -0.2) is 0 Å². The van der Waals surface area contributed by atoms with Gasteiger partial charge in [-0.05, 0) is 17.9 Å². The lowest BCUT2D eigenvalue weighted by atomic mass is 9.99. The summed E-state index contributed by atoms with van der Waals surface area (Å²) in [5.41, 5.74) is 0. The Labute approximate surface area is 111 Å². The van der Waals surface area contributed by atoms with Crippen molar-refractivity contribution in [1.29, 1.82) is 0 Å². The standard InChI is InChI=1S/C11H22O6S/c1-2-18-5-3-4-16-11-10(15)9(14)8(13)7(6-12)17-11/h7-15H,2-6H2,1H3/t7-,8+,9+,10-,11-/m1/s1. The Morgan fingerprint density at radius 1 is 1.17 bits per heavy atom. The van der Waals surface area contributed by atoms with Crippen LogP contribution < -0.4 is 0 Å². The van der Waals surface area contributed by atoms with Gasteiger partial charge < -0.3 is 29.9 Å². The molecule has 0 amide bonds. The molecule has 0 aromatic heterocycles. The van der Waals surface area contributed by atoms with Gasteiger partial charge in [0.1, 0.15) is 24.4 Å². The molecule has 1 fully saturated rings. The second-order valence-corrected chi connectivity index (χ2v) is 5.51. The van der Waals surface area contributed by atoms with Crippen molar-refractivity contribution in [2.75, 3.05) is 24.7 Å². The molecule has 1 rings (SSSR count). The lowest BCUT2D eigenvalue weighted by Crippen LogP contribution is -2.59. The van der Waals surface area contributed by atoms with E-state index in [-0.39, 0.29) is 0 Å². The van der Waals surface area contributed by atoms with E-state index in [0.717, 1.165) is 17.9 Å². The van der Waals surface area contributed by atoms with Gasteiger partial charge in [-0.3, -0.25) is 0 Å². The van der Waals surface area contributed by atoms with Crippen molar-refractivity contribution in [3.8, 4) is 0 Å². The van der Waals surface area contributed by atoms with E-state index in [2.05, 4.69) is 6.92 Å². The molecule has 0 radical (unpaired) electrons. The van der Waals surface area contributed by atoms with Gasteiger partial charge in [0.2, 0.25) is 0 Å². The molecule has 108 valence electrons. The molecule has 1 aliphatic heterocycles. The molecule has 5 atom stereocenters. The van der Waals surface area contributed by atoms with Crippen molar-refractivity contribution in [3.05, 3.63) is 0 Å². The summed E-state index contributed by atoms with van der Waals surface area (Å²) in [6, 6.07) is 0. The summed E-state index contributed by atoms with van der Waals surface area (Å²) in [7, 11) is 0. The molecule has 6 nitrogen and oxygen atoms in total. The molecule has 0 spiro atoms. The minimum atomic E-state index is -1.37. The number of rotatable bonds is 7. The molecule has 7 heteroatoms. The molecule has 0 saturated carbocycles. The quantitative estimate of drug-likeness (QED) is 0.442. The van der Waals surface area contributed by atoms with Gasteiger partial charge >= 0.3 is 0 Å². The average Bonchev–Trinajstić information content (AvgIpc) is 2.38. The molecule has 1 aliphatic rings. The smallest absolute Gasteiger partial charge is 0.186 e. The van der Waals surface area contributed by atoms with Crippen molar-refractivity contribution in [2.45, 2.75) is 44.1 Å². The second kappa shape index (κ2) is 8.31. The van der Waals surface area contributed by atoms with Crippen molar-refractivity contribution in [3.63, 3.8) is 0 Å². The molecule has 1 saturated heterocycles. The predicted octanol–water partition coefficient (Wildman–Crippen LogP) is -1.05. The van der Waals surface area contributed by atoms with E-state index < -0.39 is 37.3 Å². The van der Waals surface area contributed by atoms with Crippen molar-refractivity contribution in [2.24, 2.45) is 0 Å². The highest BCUT2D eigenvalue weighted by molar-refractivity contribution is 7.99. The third-order valence-corrected chi connectivity index (χ3v) is 3.75. The minimum Gasteiger partial charge on any atom is -0.394 e. The maximum absolute atomic E-state index is 9.68. The summed E-state index contributed by atoms with van der Waals surface area (Å²) in [6.07, 6.45) is -5.10. The van der Waals surface area contributed by atoms with Gasteiger partial charge in [0.25, 0.3) is 0 Å². The van der Waals surface area contributed by atoms with Crippen LogP contribution in [-0.4, -0.2) is 75.9 Å². The van der Waals surface area contributed by atoms with E-state index in [1.165, 1.54) is 0 Å². The largest absolute Gasteiger partial charge is 0.394 e. The average molecular weight is 282 g/mol. The zero-order valence-corrected chi connectivity index (χ0v) is 11.3. The van der Waals surface area contributed by atoms with E-state index in [1.54, 1.807) is 11.8 Å². The first-order chi connectivity index (χ1) is 8.61. The normalized spacial score (nSPS) is 36.8. The third-order valence-electron chi connectivity index (χ3n) is 2.77. The van der Waals surface area contributed by atoms with Crippen LogP contribution in [0.15, 0.2) is 0 Å². The van der Waals surface area contributed by atoms with Gasteiger partial charge in [-0.2, -0.15) is 11.8 Å². The molecule has 0 unspecified atom stereocenters. The van der Waals surface area contributed by atoms with Gasteiger partial charge in [0.15, 0.2) is 6.29 Å². The highest BCUT2D eigenvalue weighted by Gasteiger charge is 2.43. The zero-order chi connectivity index (χ0) is 13.5. The van der Waals surface area contributed by atoms with Crippen LogP contribution in [0, 0.1) is 0 Å². The maximum atomic E-state index is 9.68. The van der Waals surface area contributed by atoms with Crippen LogP contribution in [0.1, 0.15) is 13.3 Å². The Bertz CT molecular complexity index is 228. The summed E-state index contributed by atoms with van der Waals surface area (Å²) in [5.74, 6) is 1.99. The highest BCUT2D eigenvalue weighted by atomic mass is 32.2. The molecule has 0 aromatic carbocycles. The van der Waals surface area contributed by atoms with Crippen LogP contribution in [0.2, 0.25) is 0 Å². The van der Waals surface area contributed by atoms with E-state index in [1.807, 2.05) is 0 Å². The first-order valence-electron chi connectivity index (χ1n) is 6.11. The van der Waals surface area contributed by atoms with Gasteiger partial charge in [0.05, 0.1) is 13.2 Å². The summed E-state index contributed by atoms with van der Waals surface area (Å²) < 4.78 is 10.5. The third kappa shape index (κ3) is 4.34. The molecule has 4 N–H and O–H groups in total. The van der Waals surface area contributed by atoms with Crippen LogP contribution in [0.3, 0.4) is 0 Å². The molecule has 1 heterocycles. The Hall–Kier alpha value is 0.110. The minimum absolute atomic E-state index is 0.399. The first kappa shape index (κ1) is 16.2. The van der Waals surface area contributed by atoms with Crippen LogP contribution in [-0.2, 0) is 9.47 Å². The monoisotopic (exact) mass is 282 g/mol. The van der Waals surface area contributed by atoms with Crippen molar-refractivity contribution < 1.29 is 29.9 Å².